The third kappa shape index (κ3) is 2.61. The molecule has 0 fully saturated rings. The first-order valence-corrected chi connectivity index (χ1v) is 5.95. The van der Waals surface area contributed by atoms with Crippen LogP contribution in [0, 0.1) is 6.92 Å². The second-order valence-corrected chi connectivity index (χ2v) is 4.27. The number of nitrogens with zero attached hydrogens (tertiary/aromatic N) is 1. The maximum Gasteiger partial charge on any atom is 0.104 e. The Morgan fingerprint density at radius 3 is 2.94 bits per heavy atom. The van der Waals surface area contributed by atoms with E-state index >= 15 is 0 Å². The molecule has 86 valence electrons. The lowest BCUT2D eigenvalue weighted by Gasteiger charge is -2.00. The molecule has 3 heteroatoms. The molecule has 0 amide bonds. The van der Waals surface area contributed by atoms with Crippen LogP contribution in [0.5, 0.6) is 0 Å². The Morgan fingerprint density at radius 2 is 2.12 bits per heavy atom. The minimum atomic E-state index is 0.804. The van der Waals surface area contributed by atoms with Gasteiger partial charge in [0.25, 0.3) is 0 Å². The summed E-state index contributed by atoms with van der Waals surface area (Å²) in [5.74, 6) is 0.982. The number of rotatable bonds is 5. The van der Waals surface area contributed by atoms with Crippen LogP contribution in [0.25, 0.3) is 11.0 Å². The Hall–Kier alpha value is -1.35. The van der Waals surface area contributed by atoms with Crippen molar-refractivity contribution in [3.63, 3.8) is 0 Å². The van der Waals surface area contributed by atoms with Crippen LogP contribution >= 0.6 is 0 Å². The molecule has 0 aliphatic carbocycles. The molecule has 3 N–H and O–H groups in total. The van der Waals surface area contributed by atoms with Gasteiger partial charge in [-0.05, 0) is 50.4 Å². The third-order valence-electron chi connectivity index (χ3n) is 2.83. The molecule has 2 rings (SSSR count). The minimum absolute atomic E-state index is 0.804. The fraction of sp³-hybridized carbons (Fsp3) is 0.462. The van der Waals surface area contributed by atoms with Crippen molar-refractivity contribution in [3.05, 3.63) is 29.6 Å². The zero-order chi connectivity index (χ0) is 11.4. The van der Waals surface area contributed by atoms with Crippen molar-refractivity contribution in [2.24, 2.45) is 5.73 Å². The minimum Gasteiger partial charge on any atom is -0.342 e. The van der Waals surface area contributed by atoms with Gasteiger partial charge in [0.05, 0.1) is 11.0 Å². The molecule has 0 saturated heterocycles. The predicted octanol–water partition coefficient (Wildman–Crippen LogP) is 2.54. The predicted molar refractivity (Wildman–Crippen MR) is 67.4 cm³/mol. The van der Waals surface area contributed by atoms with Gasteiger partial charge in [-0.1, -0.05) is 12.5 Å². The van der Waals surface area contributed by atoms with Gasteiger partial charge in [0.1, 0.15) is 5.82 Å². The van der Waals surface area contributed by atoms with Crippen LogP contribution in [0.2, 0.25) is 0 Å². The lowest BCUT2D eigenvalue weighted by atomic mass is 10.1. The highest BCUT2D eigenvalue weighted by Gasteiger charge is 2.00. The highest BCUT2D eigenvalue weighted by atomic mass is 14.9. The van der Waals surface area contributed by atoms with Crippen LogP contribution in [-0.4, -0.2) is 16.5 Å². The fourth-order valence-electron chi connectivity index (χ4n) is 1.99. The molecule has 16 heavy (non-hydrogen) atoms. The van der Waals surface area contributed by atoms with Crippen molar-refractivity contribution >= 4 is 11.0 Å². The van der Waals surface area contributed by atoms with Crippen molar-refractivity contribution in [2.45, 2.75) is 32.6 Å². The van der Waals surface area contributed by atoms with E-state index in [-0.39, 0.29) is 0 Å². The number of benzene rings is 1. The summed E-state index contributed by atoms with van der Waals surface area (Å²) in [5.41, 5.74) is 9.06. The first-order chi connectivity index (χ1) is 7.79. The van der Waals surface area contributed by atoms with Crippen molar-refractivity contribution in [3.8, 4) is 0 Å². The molecular formula is C13H19N3. The molecule has 1 aromatic carbocycles. The van der Waals surface area contributed by atoms with Gasteiger partial charge in [0, 0.05) is 0 Å². The highest BCUT2D eigenvalue weighted by Crippen LogP contribution is 2.15. The molecule has 0 unspecified atom stereocenters. The molecule has 0 bridgehead atoms. The van der Waals surface area contributed by atoms with Gasteiger partial charge in [-0.25, -0.2) is 4.98 Å². The number of aromatic nitrogens is 2. The van der Waals surface area contributed by atoms with E-state index in [1.54, 1.807) is 0 Å². The van der Waals surface area contributed by atoms with Crippen molar-refractivity contribution < 1.29 is 0 Å². The van der Waals surface area contributed by atoms with Gasteiger partial charge < -0.3 is 10.7 Å². The number of aryl methyl sites for hydroxylation is 2. The number of hydrogen-bond donors (Lipinski definition) is 2. The van der Waals surface area contributed by atoms with Gasteiger partial charge in [-0.15, -0.1) is 0 Å². The van der Waals surface area contributed by atoms with E-state index in [1.165, 1.54) is 18.4 Å². The first-order valence-electron chi connectivity index (χ1n) is 5.95. The molecule has 0 atom stereocenters. The van der Waals surface area contributed by atoms with Crippen LogP contribution in [0.3, 0.4) is 0 Å². The van der Waals surface area contributed by atoms with Crippen LogP contribution in [-0.2, 0) is 6.42 Å². The van der Waals surface area contributed by atoms with E-state index in [0.717, 1.165) is 36.2 Å². The van der Waals surface area contributed by atoms with E-state index in [4.69, 9.17) is 5.73 Å². The number of hydrogen-bond acceptors (Lipinski definition) is 2. The topological polar surface area (TPSA) is 54.7 Å². The first kappa shape index (κ1) is 11.1. The lowest BCUT2D eigenvalue weighted by Crippen LogP contribution is -1.98. The molecule has 0 radical (unpaired) electrons. The number of H-pyrrole nitrogens is 1. The molecule has 1 heterocycles. The monoisotopic (exact) mass is 217 g/mol. The summed E-state index contributed by atoms with van der Waals surface area (Å²) >= 11 is 0. The summed E-state index contributed by atoms with van der Waals surface area (Å²) in [4.78, 5) is 7.66. The Morgan fingerprint density at radius 1 is 1.25 bits per heavy atom. The van der Waals surface area contributed by atoms with Crippen LogP contribution in [0.4, 0.5) is 0 Å². The zero-order valence-corrected chi connectivity index (χ0v) is 9.79. The van der Waals surface area contributed by atoms with Crippen LogP contribution in [0.1, 0.15) is 30.7 Å². The number of fused-ring (bicyclic) bond motifs is 1. The standard InChI is InChI=1S/C13H19N3/c1-10-15-12-7-6-11(9-13(12)16-10)5-3-2-4-8-14/h6-7,9H,2-5,8,14H2,1H3,(H,15,16). The number of aromatic amines is 1. The molecular weight excluding hydrogens is 198 g/mol. The van der Waals surface area contributed by atoms with E-state index in [1.807, 2.05) is 6.92 Å². The summed E-state index contributed by atoms with van der Waals surface area (Å²) in [6.07, 6.45) is 4.70. The quantitative estimate of drug-likeness (QED) is 0.756. The number of nitrogens with one attached hydrogen (secondary N) is 1. The largest absolute Gasteiger partial charge is 0.342 e. The summed E-state index contributed by atoms with van der Waals surface area (Å²) in [6, 6.07) is 6.47. The normalized spacial score (nSPS) is 11.1. The number of nitrogens with two attached hydrogens (primary N) is 1. The second-order valence-electron chi connectivity index (χ2n) is 4.27. The summed E-state index contributed by atoms with van der Waals surface area (Å²) < 4.78 is 0. The fourth-order valence-corrected chi connectivity index (χ4v) is 1.99. The molecule has 0 aliphatic rings. The molecule has 2 aromatic rings. The Balaban J connectivity index is 2.02. The highest BCUT2D eigenvalue weighted by molar-refractivity contribution is 5.75. The molecule has 1 aromatic heterocycles. The van der Waals surface area contributed by atoms with Gasteiger partial charge in [0.2, 0.25) is 0 Å². The van der Waals surface area contributed by atoms with E-state index < -0.39 is 0 Å². The van der Waals surface area contributed by atoms with Crippen molar-refractivity contribution in [1.82, 2.24) is 9.97 Å². The number of imidazole rings is 1. The van der Waals surface area contributed by atoms with Crippen LogP contribution in [0.15, 0.2) is 18.2 Å². The summed E-state index contributed by atoms with van der Waals surface area (Å²) in [6.45, 7) is 2.79. The number of unbranched alkanes of at least 4 members (excludes halogenated alkanes) is 2. The van der Waals surface area contributed by atoms with E-state index in [2.05, 4.69) is 28.2 Å². The van der Waals surface area contributed by atoms with Gasteiger partial charge >= 0.3 is 0 Å². The molecule has 0 aliphatic heterocycles. The summed E-state index contributed by atoms with van der Waals surface area (Å²) in [7, 11) is 0. The maximum atomic E-state index is 5.47. The zero-order valence-electron chi connectivity index (χ0n) is 9.79. The van der Waals surface area contributed by atoms with Gasteiger partial charge in [0.15, 0.2) is 0 Å². The molecule has 0 spiro atoms. The SMILES string of the molecule is Cc1nc2ccc(CCCCCN)cc2[nH]1. The average Bonchev–Trinajstić information content (AvgIpc) is 2.64. The summed E-state index contributed by atoms with van der Waals surface area (Å²) in [5, 5.41) is 0. The third-order valence-corrected chi connectivity index (χ3v) is 2.83. The van der Waals surface area contributed by atoms with Crippen molar-refractivity contribution in [1.29, 1.82) is 0 Å². The van der Waals surface area contributed by atoms with Gasteiger partial charge in [-0.2, -0.15) is 0 Å². The van der Waals surface area contributed by atoms with E-state index in [9.17, 15) is 0 Å². The second kappa shape index (κ2) is 5.12. The van der Waals surface area contributed by atoms with Crippen LogP contribution < -0.4 is 5.73 Å². The van der Waals surface area contributed by atoms with Gasteiger partial charge in [-0.3, -0.25) is 0 Å². The Bertz CT molecular complexity index is 459. The Labute approximate surface area is 96.1 Å². The Kier molecular flexibility index (Phi) is 3.57. The molecule has 3 nitrogen and oxygen atoms in total. The van der Waals surface area contributed by atoms with Crippen molar-refractivity contribution in [2.75, 3.05) is 6.54 Å². The lowest BCUT2D eigenvalue weighted by molar-refractivity contribution is 0.687. The van der Waals surface area contributed by atoms with E-state index in [0.29, 0.717) is 0 Å². The molecule has 0 saturated carbocycles. The smallest absolute Gasteiger partial charge is 0.104 e. The maximum absolute atomic E-state index is 5.47. The average molecular weight is 217 g/mol.